The van der Waals surface area contributed by atoms with E-state index in [2.05, 4.69) is 23.6 Å². The zero-order valence-electron chi connectivity index (χ0n) is 11.9. The fourth-order valence-electron chi connectivity index (χ4n) is 3.59. The summed E-state index contributed by atoms with van der Waals surface area (Å²) >= 11 is 0. The molecule has 0 radical (unpaired) electrons. The number of imidazole rings is 1. The summed E-state index contributed by atoms with van der Waals surface area (Å²) in [5, 5.41) is 0. The Bertz CT molecular complexity index is 689. The van der Waals surface area contributed by atoms with Crippen LogP contribution in [0.5, 0.6) is 5.75 Å². The van der Waals surface area contributed by atoms with Crippen molar-refractivity contribution in [3.05, 3.63) is 35.3 Å². The van der Waals surface area contributed by atoms with Crippen molar-refractivity contribution < 1.29 is 4.74 Å². The van der Waals surface area contributed by atoms with E-state index in [0.29, 0.717) is 5.92 Å². The van der Waals surface area contributed by atoms with Gasteiger partial charge in [0.05, 0.1) is 12.8 Å². The summed E-state index contributed by atoms with van der Waals surface area (Å²) in [6.07, 6.45) is 1.99. The lowest BCUT2D eigenvalue weighted by atomic mass is 9.97. The third-order valence-corrected chi connectivity index (χ3v) is 4.55. The van der Waals surface area contributed by atoms with Gasteiger partial charge in [0.1, 0.15) is 11.6 Å². The molecular weight excluding hydrogens is 250 g/mol. The minimum absolute atomic E-state index is 0.244. The van der Waals surface area contributed by atoms with Crippen LogP contribution in [0.15, 0.2) is 18.2 Å². The summed E-state index contributed by atoms with van der Waals surface area (Å²) in [6, 6.07) is 6.52. The number of benzene rings is 1. The average Bonchev–Trinajstić information content (AvgIpc) is 2.95. The van der Waals surface area contributed by atoms with Gasteiger partial charge in [-0.15, -0.1) is 0 Å². The number of nitrogens with zero attached hydrogens (tertiary/aromatic N) is 2. The van der Waals surface area contributed by atoms with Crippen molar-refractivity contribution in [3.8, 4) is 17.0 Å². The standard InChI is InChI=1S/C16H19N3O/c1-9-5-11(17)8-19-14-6-10-3-4-12(20-2)7-13(10)15(14)18-16(9)19/h3-4,7,9,11H,5-6,8,17H2,1-2H3. The van der Waals surface area contributed by atoms with Gasteiger partial charge in [-0.2, -0.15) is 0 Å². The molecule has 2 N–H and O–H groups in total. The predicted molar refractivity (Wildman–Crippen MR) is 78.0 cm³/mol. The summed E-state index contributed by atoms with van der Waals surface area (Å²) in [7, 11) is 1.71. The van der Waals surface area contributed by atoms with E-state index >= 15 is 0 Å². The van der Waals surface area contributed by atoms with Gasteiger partial charge in [0.15, 0.2) is 0 Å². The molecule has 2 unspecified atom stereocenters. The van der Waals surface area contributed by atoms with Crippen LogP contribution >= 0.6 is 0 Å². The third kappa shape index (κ3) is 1.54. The van der Waals surface area contributed by atoms with E-state index in [1.54, 1.807) is 7.11 Å². The van der Waals surface area contributed by atoms with Crippen LogP contribution in [0.3, 0.4) is 0 Å². The van der Waals surface area contributed by atoms with Crippen LogP contribution in [0.2, 0.25) is 0 Å². The maximum absolute atomic E-state index is 6.18. The maximum atomic E-state index is 6.18. The summed E-state index contributed by atoms with van der Waals surface area (Å²) in [6.45, 7) is 3.12. The number of methoxy groups -OCH3 is 1. The van der Waals surface area contributed by atoms with Gasteiger partial charge in [0, 0.05) is 36.2 Å². The minimum Gasteiger partial charge on any atom is -0.497 e. The second-order valence-corrected chi connectivity index (χ2v) is 5.97. The van der Waals surface area contributed by atoms with Crippen LogP contribution in [0.4, 0.5) is 0 Å². The first kappa shape index (κ1) is 12.0. The van der Waals surface area contributed by atoms with Crippen molar-refractivity contribution in [2.24, 2.45) is 5.73 Å². The SMILES string of the molecule is COc1ccc2c(c1)-c1nc3n(c1C2)CC(N)CC3C. The lowest BCUT2D eigenvalue weighted by molar-refractivity contribution is 0.401. The number of aromatic nitrogens is 2. The molecule has 2 aliphatic rings. The topological polar surface area (TPSA) is 53.1 Å². The van der Waals surface area contributed by atoms with E-state index in [1.165, 1.54) is 22.6 Å². The number of rotatable bonds is 1. The largest absolute Gasteiger partial charge is 0.497 e. The van der Waals surface area contributed by atoms with Gasteiger partial charge >= 0.3 is 0 Å². The van der Waals surface area contributed by atoms with E-state index in [-0.39, 0.29) is 6.04 Å². The number of ether oxygens (including phenoxy) is 1. The first-order chi connectivity index (χ1) is 9.67. The Kier molecular flexibility index (Phi) is 2.45. The second-order valence-electron chi connectivity index (χ2n) is 5.97. The van der Waals surface area contributed by atoms with Crippen LogP contribution in [0, 0.1) is 0 Å². The normalized spacial score (nSPS) is 23.1. The predicted octanol–water partition coefficient (Wildman–Crippen LogP) is 2.30. The monoisotopic (exact) mass is 269 g/mol. The van der Waals surface area contributed by atoms with Gasteiger partial charge in [-0.3, -0.25) is 0 Å². The van der Waals surface area contributed by atoms with E-state index in [4.69, 9.17) is 15.5 Å². The van der Waals surface area contributed by atoms with Crippen LogP contribution < -0.4 is 10.5 Å². The molecule has 2 aromatic rings. The van der Waals surface area contributed by atoms with Crippen molar-refractivity contribution in [1.82, 2.24) is 9.55 Å². The molecule has 0 spiro atoms. The smallest absolute Gasteiger partial charge is 0.119 e. The number of nitrogens with two attached hydrogens (primary N) is 1. The molecule has 2 atom stereocenters. The van der Waals surface area contributed by atoms with E-state index in [0.717, 1.165) is 30.8 Å². The van der Waals surface area contributed by atoms with Gasteiger partial charge in [-0.1, -0.05) is 13.0 Å². The van der Waals surface area contributed by atoms with Crippen LogP contribution in [-0.4, -0.2) is 22.7 Å². The highest BCUT2D eigenvalue weighted by Crippen LogP contribution is 2.41. The molecule has 0 fully saturated rings. The summed E-state index contributed by atoms with van der Waals surface area (Å²) in [5.41, 5.74) is 11.2. The molecule has 0 saturated heterocycles. The van der Waals surface area contributed by atoms with Crippen molar-refractivity contribution in [1.29, 1.82) is 0 Å². The molecule has 2 heterocycles. The summed E-state index contributed by atoms with van der Waals surface area (Å²) in [4.78, 5) is 4.92. The molecule has 0 bridgehead atoms. The Morgan fingerprint density at radius 2 is 2.25 bits per heavy atom. The fraction of sp³-hybridized carbons (Fsp3) is 0.438. The van der Waals surface area contributed by atoms with Crippen LogP contribution in [0.1, 0.15) is 36.3 Å². The molecule has 4 nitrogen and oxygen atoms in total. The van der Waals surface area contributed by atoms with Crippen LogP contribution in [0.25, 0.3) is 11.3 Å². The van der Waals surface area contributed by atoms with Crippen molar-refractivity contribution >= 4 is 0 Å². The van der Waals surface area contributed by atoms with Gasteiger partial charge < -0.3 is 15.0 Å². The lowest BCUT2D eigenvalue weighted by Crippen LogP contribution is -2.34. The molecule has 0 saturated carbocycles. The van der Waals surface area contributed by atoms with E-state index in [9.17, 15) is 0 Å². The Hall–Kier alpha value is -1.81. The molecular formula is C16H19N3O. The zero-order chi connectivity index (χ0) is 13.9. The minimum atomic E-state index is 0.244. The van der Waals surface area contributed by atoms with E-state index < -0.39 is 0 Å². The van der Waals surface area contributed by atoms with E-state index in [1.807, 2.05) is 6.07 Å². The Labute approximate surface area is 118 Å². The number of hydrogen-bond acceptors (Lipinski definition) is 3. The highest BCUT2D eigenvalue weighted by atomic mass is 16.5. The molecule has 1 aliphatic carbocycles. The van der Waals surface area contributed by atoms with Gasteiger partial charge in [0.2, 0.25) is 0 Å². The molecule has 104 valence electrons. The second kappa shape index (κ2) is 4.09. The molecule has 1 aromatic heterocycles. The Morgan fingerprint density at radius 3 is 3.05 bits per heavy atom. The van der Waals surface area contributed by atoms with Crippen molar-refractivity contribution in [2.45, 2.75) is 38.3 Å². The molecule has 1 aliphatic heterocycles. The van der Waals surface area contributed by atoms with Gasteiger partial charge in [0.25, 0.3) is 0 Å². The van der Waals surface area contributed by atoms with Gasteiger partial charge in [-0.05, 0) is 24.1 Å². The highest BCUT2D eigenvalue weighted by Gasteiger charge is 2.32. The summed E-state index contributed by atoms with van der Waals surface area (Å²) in [5.74, 6) is 2.54. The zero-order valence-corrected chi connectivity index (χ0v) is 11.9. The molecule has 0 amide bonds. The third-order valence-electron chi connectivity index (χ3n) is 4.55. The first-order valence-electron chi connectivity index (χ1n) is 7.19. The molecule has 1 aromatic carbocycles. The van der Waals surface area contributed by atoms with Crippen molar-refractivity contribution in [2.75, 3.05) is 7.11 Å². The first-order valence-corrected chi connectivity index (χ1v) is 7.19. The maximum Gasteiger partial charge on any atom is 0.119 e. The number of fused-ring (bicyclic) bond motifs is 5. The molecule has 4 heteroatoms. The molecule has 20 heavy (non-hydrogen) atoms. The molecule has 4 rings (SSSR count). The quantitative estimate of drug-likeness (QED) is 0.737. The fourth-order valence-corrected chi connectivity index (χ4v) is 3.59. The Balaban J connectivity index is 1.87. The Morgan fingerprint density at radius 1 is 1.40 bits per heavy atom. The highest BCUT2D eigenvalue weighted by molar-refractivity contribution is 5.74. The number of hydrogen-bond donors (Lipinski definition) is 1. The average molecular weight is 269 g/mol. The van der Waals surface area contributed by atoms with Crippen molar-refractivity contribution in [3.63, 3.8) is 0 Å². The van der Waals surface area contributed by atoms with Gasteiger partial charge in [-0.25, -0.2) is 4.98 Å². The lowest BCUT2D eigenvalue weighted by Gasteiger charge is -2.26. The van der Waals surface area contributed by atoms with Crippen LogP contribution in [-0.2, 0) is 13.0 Å². The summed E-state index contributed by atoms with van der Waals surface area (Å²) < 4.78 is 7.69.